The molecule has 0 aliphatic carbocycles. The van der Waals surface area contributed by atoms with Crippen LogP contribution in [0.25, 0.3) is 0 Å². The van der Waals surface area contributed by atoms with E-state index < -0.39 is 4.92 Å². The highest BCUT2D eigenvalue weighted by Gasteiger charge is 2.19. The van der Waals surface area contributed by atoms with E-state index in [-0.39, 0.29) is 12.3 Å². The summed E-state index contributed by atoms with van der Waals surface area (Å²) in [4.78, 5) is 15.5. The highest BCUT2D eigenvalue weighted by molar-refractivity contribution is 5.40. The van der Waals surface area contributed by atoms with E-state index in [4.69, 9.17) is 9.94 Å². The van der Waals surface area contributed by atoms with Crippen molar-refractivity contribution in [2.45, 2.75) is 13.2 Å². The minimum atomic E-state index is -0.416. The Morgan fingerprint density at radius 1 is 1.50 bits per heavy atom. The van der Waals surface area contributed by atoms with Crippen molar-refractivity contribution in [3.8, 4) is 0 Å². The Labute approximate surface area is 92.2 Å². The molecule has 1 N–H and O–H groups in total. The van der Waals surface area contributed by atoms with E-state index in [0.717, 1.165) is 11.1 Å². The molecule has 1 aliphatic heterocycles. The molecule has 0 atom stereocenters. The fraction of sp³-hybridized carbons (Fsp3) is 0.400. The van der Waals surface area contributed by atoms with Gasteiger partial charge in [0, 0.05) is 25.2 Å². The van der Waals surface area contributed by atoms with Crippen LogP contribution >= 0.6 is 0 Å². The maximum atomic E-state index is 10.6. The smallest absolute Gasteiger partial charge is 0.269 e. The Kier molecular flexibility index (Phi) is 3.14. The van der Waals surface area contributed by atoms with Gasteiger partial charge in [-0.25, -0.2) is 0 Å². The minimum Gasteiger partial charge on any atom is -0.395 e. The molecule has 0 amide bonds. The van der Waals surface area contributed by atoms with Crippen molar-refractivity contribution in [2.75, 3.05) is 13.2 Å². The molecule has 2 rings (SSSR count). The molecule has 0 radical (unpaired) electrons. The molecule has 1 aromatic rings. The number of rotatable bonds is 3. The van der Waals surface area contributed by atoms with E-state index in [1.165, 1.54) is 12.1 Å². The maximum Gasteiger partial charge on any atom is 0.269 e. The van der Waals surface area contributed by atoms with Gasteiger partial charge in [0.2, 0.25) is 0 Å². The summed E-state index contributed by atoms with van der Waals surface area (Å²) in [5.41, 5.74) is 1.92. The number of aliphatic hydroxyl groups is 1. The number of β-amino-alcohol motifs (C(OH)–C–C–N with tert-alkyl or cyclic N) is 1. The van der Waals surface area contributed by atoms with Gasteiger partial charge in [-0.3, -0.25) is 15.0 Å². The number of benzene rings is 1. The first-order valence-corrected chi connectivity index (χ1v) is 4.95. The summed E-state index contributed by atoms with van der Waals surface area (Å²) < 4.78 is 0. The second-order valence-electron chi connectivity index (χ2n) is 3.57. The van der Waals surface area contributed by atoms with E-state index in [2.05, 4.69) is 0 Å². The van der Waals surface area contributed by atoms with Gasteiger partial charge in [0.05, 0.1) is 18.1 Å². The van der Waals surface area contributed by atoms with Crippen LogP contribution < -0.4 is 0 Å². The molecular formula is C10H12N2O4. The zero-order valence-corrected chi connectivity index (χ0v) is 8.63. The van der Waals surface area contributed by atoms with E-state index in [1.54, 1.807) is 11.1 Å². The van der Waals surface area contributed by atoms with Crippen molar-refractivity contribution in [3.63, 3.8) is 0 Å². The molecule has 16 heavy (non-hydrogen) atoms. The SMILES string of the molecule is O=[N+]([O-])c1ccc2c(c1)CON(CCO)C2. The third-order valence-corrected chi connectivity index (χ3v) is 2.50. The molecule has 0 bridgehead atoms. The highest BCUT2D eigenvalue weighted by Crippen LogP contribution is 2.24. The number of nitro benzene ring substituents is 1. The van der Waals surface area contributed by atoms with Crippen LogP contribution in [0.4, 0.5) is 5.69 Å². The number of aliphatic hydroxyl groups excluding tert-OH is 1. The van der Waals surface area contributed by atoms with Crippen molar-refractivity contribution < 1.29 is 14.9 Å². The lowest BCUT2D eigenvalue weighted by atomic mass is 10.1. The van der Waals surface area contributed by atoms with Crippen molar-refractivity contribution >= 4 is 5.69 Å². The molecule has 6 heteroatoms. The van der Waals surface area contributed by atoms with Gasteiger partial charge < -0.3 is 5.11 Å². The van der Waals surface area contributed by atoms with Crippen LogP contribution in [0, 0.1) is 10.1 Å². The van der Waals surface area contributed by atoms with E-state index in [0.29, 0.717) is 19.7 Å². The molecule has 1 aromatic carbocycles. The van der Waals surface area contributed by atoms with Crippen LogP contribution in [0.15, 0.2) is 18.2 Å². The van der Waals surface area contributed by atoms with Gasteiger partial charge in [-0.1, -0.05) is 6.07 Å². The zero-order chi connectivity index (χ0) is 11.5. The lowest BCUT2D eigenvalue weighted by Crippen LogP contribution is -2.30. The maximum absolute atomic E-state index is 10.6. The number of hydrogen-bond donors (Lipinski definition) is 1. The molecule has 86 valence electrons. The molecule has 1 heterocycles. The third-order valence-electron chi connectivity index (χ3n) is 2.50. The van der Waals surface area contributed by atoms with Gasteiger partial charge in [0.15, 0.2) is 0 Å². The van der Waals surface area contributed by atoms with Gasteiger partial charge in [0.1, 0.15) is 0 Å². The van der Waals surface area contributed by atoms with Crippen LogP contribution in [0.2, 0.25) is 0 Å². The van der Waals surface area contributed by atoms with Crippen molar-refractivity contribution in [1.29, 1.82) is 0 Å². The number of non-ortho nitro benzene ring substituents is 1. The lowest BCUT2D eigenvalue weighted by Gasteiger charge is -2.27. The Balaban J connectivity index is 2.19. The molecule has 0 aromatic heterocycles. The summed E-state index contributed by atoms with van der Waals surface area (Å²) in [6.07, 6.45) is 0. The second-order valence-corrected chi connectivity index (χ2v) is 3.57. The number of hydroxylamine groups is 2. The minimum absolute atomic E-state index is 0.0301. The molecule has 6 nitrogen and oxygen atoms in total. The molecule has 1 aliphatic rings. The first kappa shape index (κ1) is 11.0. The van der Waals surface area contributed by atoms with Crippen LogP contribution in [0.1, 0.15) is 11.1 Å². The van der Waals surface area contributed by atoms with Gasteiger partial charge in [-0.2, -0.15) is 5.06 Å². The van der Waals surface area contributed by atoms with Gasteiger partial charge in [0.25, 0.3) is 5.69 Å². The van der Waals surface area contributed by atoms with Gasteiger partial charge >= 0.3 is 0 Å². The van der Waals surface area contributed by atoms with Crippen molar-refractivity contribution in [3.05, 3.63) is 39.4 Å². The first-order chi connectivity index (χ1) is 7.70. The van der Waals surface area contributed by atoms with E-state index >= 15 is 0 Å². The second kappa shape index (κ2) is 4.56. The molecule has 0 fully saturated rings. The number of fused-ring (bicyclic) bond motifs is 1. The Morgan fingerprint density at radius 3 is 3.00 bits per heavy atom. The fourth-order valence-corrected chi connectivity index (χ4v) is 1.67. The van der Waals surface area contributed by atoms with Crippen LogP contribution in [-0.2, 0) is 18.0 Å². The summed E-state index contributed by atoms with van der Waals surface area (Å²) in [5, 5.41) is 21.0. The normalized spacial score (nSPS) is 15.8. The summed E-state index contributed by atoms with van der Waals surface area (Å²) in [5.74, 6) is 0. The lowest BCUT2D eigenvalue weighted by molar-refractivity contribution is -0.385. The average molecular weight is 224 g/mol. The third kappa shape index (κ3) is 2.19. The van der Waals surface area contributed by atoms with Gasteiger partial charge in [-0.05, 0) is 11.1 Å². The predicted molar refractivity (Wildman–Crippen MR) is 55.4 cm³/mol. The summed E-state index contributed by atoms with van der Waals surface area (Å²) in [6, 6.07) is 4.76. The molecule has 0 unspecified atom stereocenters. The Bertz CT molecular complexity index is 408. The Morgan fingerprint density at radius 2 is 2.31 bits per heavy atom. The summed E-state index contributed by atoms with van der Waals surface area (Å²) >= 11 is 0. The van der Waals surface area contributed by atoms with Crippen molar-refractivity contribution in [1.82, 2.24) is 5.06 Å². The predicted octanol–water partition coefficient (Wildman–Crippen LogP) is 0.834. The zero-order valence-electron chi connectivity index (χ0n) is 8.63. The van der Waals surface area contributed by atoms with E-state index in [1.807, 2.05) is 0 Å². The monoisotopic (exact) mass is 224 g/mol. The molecule has 0 saturated carbocycles. The van der Waals surface area contributed by atoms with E-state index in [9.17, 15) is 10.1 Å². The fourth-order valence-electron chi connectivity index (χ4n) is 1.67. The highest BCUT2D eigenvalue weighted by atomic mass is 16.7. The van der Waals surface area contributed by atoms with Crippen LogP contribution in [0.5, 0.6) is 0 Å². The molecule has 0 saturated heterocycles. The van der Waals surface area contributed by atoms with Crippen LogP contribution in [-0.4, -0.2) is 28.2 Å². The number of nitrogens with zero attached hydrogens (tertiary/aromatic N) is 2. The standard InChI is InChI=1S/C10H12N2O4/c13-4-3-11-6-8-1-2-10(12(14)15)5-9(8)7-16-11/h1-2,5,13H,3-4,6-7H2. The summed E-state index contributed by atoms with van der Waals surface area (Å²) in [6.45, 7) is 1.34. The largest absolute Gasteiger partial charge is 0.395 e. The van der Waals surface area contributed by atoms with Crippen molar-refractivity contribution in [2.24, 2.45) is 0 Å². The van der Waals surface area contributed by atoms with Gasteiger partial charge in [-0.15, -0.1) is 0 Å². The average Bonchev–Trinajstić information content (AvgIpc) is 2.28. The first-order valence-electron chi connectivity index (χ1n) is 4.95. The molecular weight excluding hydrogens is 212 g/mol. The van der Waals surface area contributed by atoms with Crippen LogP contribution in [0.3, 0.4) is 0 Å². The Hall–Kier alpha value is -1.50. The number of hydrogen-bond acceptors (Lipinski definition) is 5. The quantitative estimate of drug-likeness (QED) is 0.608. The molecule has 0 spiro atoms. The number of nitro groups is 1. The topological polar surface area (TPSA) is 75.8 Å². The summed E-state index contributed by atoms with van der Waals surface area (Å²) in [7, 11) is 0.